The van der Waals surface area contributed by atoms with Gasteiger partial charge in [0.15, 0.2) is 0 Å². The van der Waals surface area contributed by atoms with Gasteiger partial charge in [0, 0.05) is 44.5 Å². The molecule has 0 amide bonds. The lowest BCUT2D eigenvalue weighted by atomic mass is 9.86. The molecule has 1 aromatic carbocycles. The molecule has 5 heteroatoms. The van der Waals surface area contributed by atoms with E-state index >= 15 is 0 Å². The third-order valence-electron chi connectivity index (χ3n) is 4.88. The minimum atomic E-state index is 0.626. The molecule has 3 saturated heterocycles. The fourth-order valence-electron chi connectivity index (χ4n) is 3.73. The maximum Gasteiger partial charge on any atom is 0.0595 e. The molecule has 4 heterocycles. The van der Waals surface area contributed by atoms with E-state index in [1.165, 1.54) is 12.0 Å². The fourth-order valence-corrected chi connectivity index (χ4v) is 4.05. The molecule has 0 spiro atoms. The number of piperazine rings is 1. The van der Waals surface area contributed by atoms with Crippen molar-refractivity contribution in [3.05, 3.63) is 63.9 Å². The number of hydrogen-bond donors (Lipinski definition) is 0. The Morgan fingerprint density at radius 1 is 1.00 bits per heavy atom. The normalized spacial score (nSPS) is 24.4. The highest BCUT2D eigenvalue weighted by molar-refractivity contribution is 6.42. The monoisotopic (exact) mass is 347 g/mol. The Bertz CT molecular complexity index is 680. The van der Waals surface area contributed by atoms with Crippen LogP contribution in [0, 0.1) is 0 Å². The summed E-state index contributed by atoms with van der Waals surface area (Å²) in [6.45, 7) is 4.15. The Morgan fingerprint density at radius 2 is 1.83 bits per heavy atom. The van der Waals surface area contributed by atoms with Gasteiger partial charge in [-0.05, 0) is 36.2 Å². The van der Waals surface area contributed by atoms with Crippen LogP contribution >= 0.6 is 23.2 Å². The number of rotatable bonds is 4. The molecule has 23 heavy (non-hydrogen) atoms. The maximum absolute atomic E-state index is 6.13. The molecule has 0 aliphatic carbocycles. The molecule has 2 bridgehead atoms. The number of benzene rings is 1. The highest BCUT2D eigenvalue weighted by atomic mass is 35.5. The van der Waals surface area contributed by atoms with Crippen LogP contribution in [0.4, 0.5) is 0 Å². The van der Waals surface area contributed by atoms with Gasteiger partial charge in [-0.15, -0.1) is 0 Å². The third kappa shape index (κ3) is 3.24. The first-order chi connectivity index (χ1) is 11.2. The van der Waals surface area contributed by atoms with Crippen molar-refractivity contribution in [2.45, 2.75) is 31.6 Å². The van der Waals surface area contributed by atoms with Gasteiger partial charge in [-0.1, -0.05) is 35.3 Å². The third-order valence-corrected chi connectivity index (χ3v) is 5.62. The lowest BCUT2D eigenvalue weighted by Crippen LogP contribution is -2.67. The summed E-state index contributed by atoms with van der Waals surface area (Å²) >= 11 is 12.1. The Labute approximate surface area is 146 Å². The summed E-state index contributed by atoms with van der Waals surface area (Å²) < 4.78 is 0. The molecule has 3 aliphatic rings. The number of piperidine rings is 1. The van der Waals surface area contributed by atoms with Crippen LogP contribution < -0.4 is 0 Å². The van der Waals surface area contributed by atoms with E-state index in [0.29, 0.717) is 22.1 Å². The average Bonchev–Trinajstić information content (AvgIpc) is 2.57. The topological polar surface area (TPSA) is 19.4 Å². The summed E-state index contributed by atoms with van der Waals surface area (Å²) in [6.07, 6.45) is 3.18. The second-order valence-electron chi connectivity index (χ2n) is 6.48. The molecule has 3 aliphatic heterocycles. The smallest absolute Gasteiger partial charge is 0.0595 e. The minimum Gasteiger partial charge on any atom is -0.294 e. The average molecular weight is 348 g/mol. The van der Waals surface area contributed by atoms with Crippen molar-refractivity contribution in [2.75, 3.05) is 13.1 Å². The largest absolute Gasteiger partial charge is 0.294 e. The van der Waals surface area contributed by atoms with Gasteiger partial charge in [-0.3, -0.25) is 14.8 Å². The fraction of sp³-hybridized carbons (Fsp3) is 0.389. The van der Waals surface area contributed by atoms with Gasteiger partial charge in [0.05, 0.1) is 15.7 Å². The van der Waals surface area contributed by atoms with E-state index in [1.807, 2.05) is 24.4 Å². The predicted octanol–water partition coefficient (Wildman–Crippen LogP) is 3.85. The van der Waals surface area contributed by atoms with Crippen LogP contribution in [0.2, 0.25) is 10.0 Å². The van der Waals surface area contributed by atoms with Crippen molar-refractivity contribution in [1.29, 1.82) is 0 Å². The number of hydrogen-bond acceptors (Lipinski definition) is 3. The molecule has 2 unspecified atom stereocenters. The van der Waals surface area contributed by atoms with E-state index in [1.54, 1.807) is 0 Å². The van der Waals surface area contributed by atoms with E-state index in [9.17, 15) is 0 Å². The Hall–Kier alpha value is -1.13. The summed E-state index contributed by atoms with van der Waals surface area (Å²) in [5.41, 5.74) is 2.40. The van der Waals surface area contributed by atoms with Crippen molar-refractivity contribution < 1.29 is 0 Å². The molecule has 1 aromatic heterocycles. The second kappa shape index (κ2) is 6.40. The minimum absolute atomic E-state index is 0.626. The number of aromatic nitrogens is 1. The van der Waals surface area contributed by atoms with Crippen LogP contribution in [-0.2, 0) is 13.1 Å². The SMILES string of the molecule is Clc1ccc(CN2C3CC2CN(Cc2ccccn2)C3)cc1Cl. The van der Waals surface area contributed by atoms with Gasteiger partial charge >= 0.3 is 0 Å². The summed E-state index contributed by atoms with van der Waals surface area (Å²) in [7, 11) is 0. The first kappa shape index (κ1) is 15.4. The van der Waals surface area contributed by atoms with Crippen LogP contribution in [0.3, 0.4) is 0 Å². The molecule has 0 radical (unpaired) electrons. The second-order valence-corrected chi connectivity index (χ2v) is 7.29. The Kier molecular flexibility index (Phi) is 4.29. The van der Waals surface area contributed by atoms with Crippen LogP contribution in [0.5, 0.6) is 0 Å². The van der Waals surface area contributed by atoms with Gasteiger partial charge in [-0.2, -0.15) is 0 Å². The van der Waals surface area contributed by atoms with Gasteiger partial charge in [-0.25, -0.2) is 0 Å². The van der Waals surface area contributed by atoms with Crippen molar-refractivity contribution in [3.8, 4) is 0 Å². The van der Waals surface area contributed by atoms with E-state index in [4.69, 9.17) is 23.2 Å². The van der Waals surface area contributed by atoms with E-state index < -0.39 is 0 Å². The number of nitrogens with zero attached hydrogens (tertiary/aromatic N) is 3. The number of halogens is 2. The molecule has 5 rings (SSSR count). The highest BCUT2D eigenvalue weighted by Crippen LogP contribution is 2.35. The summed E-state index contributed by atoms with van der Waals surface area (Å²) in [4.78, 5) is 9.55. The van der Waals surface area contributed by atoms with Crippen molar-refractivity contribution in [2.24, 2.45) is 0 Å². The van der Waals surface area contributed by atoms with Crippen LogP contribution in [0.15, 0.2) is 42.6 Å². The number of pyridine rings is 1. The first-order valence-corrected chi connectivity index (χ1v) is 8.76. The zero-order valence-electron chi connectivity index (χ0n) is 12.8. The molecule has 3 nitrogen and oxygen atoms in total. The summed E-state index contributed by atoms with van der Waals surface area (Å²) in [5.74, 6) is 0. The van der Waals surface area contributed by atoms with Gasteiger partial charge < -0.3 is 0 Å². The maximum atomic E-state index is 6.13. The predicted molar refractivity (Wildman–Crippen MR) is 93.7 cm³/mol. The lowest BCUT2D eigenvalue weighted by Gasteiger charge is -2.56. The van der Waals surface area contributed by atoms with E-state index in [0.717, 1.165) is 31.9 Å². The zero-order valence-corrected chi connectivity index (χ0v) is 14.3. The standard InChI is InChI=1S/C18H19Cl2N3/c19-17-5-4-13(7-18(17)20)9-23-15-8-16(23)12-22(11-15)10-14-3-1-2-6-21-14/h1-7,15-16H,8-12H2. The van der Waals surface area contributed by atoms with Gasteiger partial charge in [0.25, 0.3) is 0 Å². The summed E-state index contributed by atoms with van der Waals surface area (Å²) in [6, 6.07) is 13.4. The van der Waals surface area contributed by atoms with Crippen LogP contribution in [-0.4, -0.2) is 40.0 Å². The molecule has 3 fully saturated rings. The Balaban J connectivity index is 1.37. The van der Waals surface area contributed by atoms with E-state index in [-0.39, 0.29) is 0 Å². The summed E-state index contributed by atoms with van der Waals surface area (Å²) in [5, 5.41) is 1.27. The molecule has 2 atom stereocenters. The molecular weight excluding hydrogens is 329 g/mol. The zero-order chi connectivity index (χ0) is 15.8. The first-order valence-electron chi connectivity index (χ1n) is 8.01. The molecule has 120 valence electrons. The van der Waals surface area contributed by atoms with Crippen molar-refractivity contribution >= 4 is 23.2 Å². The Morgan fingerprint density at radius 3 is 2.52 bits per heavy atom. The van der Waals surface area contributed by atoms with Crippen LogP contribution in [0.25, 0.3) is 0 Å². The molecule has 0 saturated carbocycles. The molecular formula is C18H19Cl2N3. The highest BCUT2D eigenvalue weighted by Gasteiger charge is 2.44. The lowest BCUT2D eigenvalue weighted by molar-refractivity contribution is -0.0777. The number of fused-ring (bicyclic) bond motifs is 2. The van der Waals surface area contributed by atoms with Gasteiger partial charge in [0.1, 0.15) is 0 Å². The van der Waals surface area contributed by atoms with Crippen molar-refractivity contribution in [3.63, 3.8) is 0 Å². The van der Waals surface area contributed by atoms with Gasteiger partial charge in [0.2, 0.25) is 0 Å². The van der Waals surface area contributed by atoms with Crippen LogP contribution in [0.1, 0.15) is 17.7 Å². The quantitative estimate of drug-likeness (QED) is 0.837. The molecule has 2 aromatic rings. The van der Waals surface area contributed by atoms with Crippen molar-refractivity contribution in [1.82, 2.24) is 14.8 Å². The van der Waals surface area contributed by atoms with E-state index in [2.05, 4.69) is 33.0 Å². The molecule has 0 N–H and O–H groups in total.